The SMILES string of the molecule is CCOc1cc(/C=C(\C#N)C(=O)OCCOC)ccc1OCCN1CCOCC1. The molecule has 0 N–H and O–H groups in total. The molecule has 0 radical (unpaired) electrons. The van der Waals surface area contributed by atoms with Gasteiger partial charge in [-0.25, -0.2) is 4.79 Å². The zero-order valence-corrected chi connectivity index (χ0v) is 17.0. The molecule has 0 aliphatic carbocycles. The van der Waals surface area contributed by atoms with Crippen molar-refractivity contribution in [1.29, 1.82) is 5.26 Å². The minimum Gasteiger partial charge on any atom is -0.490 e. The number of ether oxygens (including phenoxy) is 5. The van der Waals surface area contributed by atoms with Gasteiger partial charge in [-0.05, 0) is 30.7 Å². The molecule has 1 heterocycles. The highest BCUT2D eigenvalue weighted by molar-refractivity contribution is 5.97. The number of carbonyl (C=O) groups is 1. The molecule has 8 heteroatoms. The number of hydrogen-bond acceptors (Lipinski definition) is 8. The maximum atomic E-state index is 12.0. The van der Waals surface area contributed by atoms with Crippen LogP contribution in [-0.2, 0) is 19.0 Å². The van der Waals surface area contributed by atoms with Gasteiger partial charge in [0, 0.05) is 26.7 Å². The molecular formula is C21H28N2O6. The fourth-order valence-corrected chi connectivity index (χ4v) is 2.71. The van der Waals surface area contributed by atoms with Gasteiger partial charge in [-0.15, -0.1) is 0 Å². The quantitative estimate of drug-likeness (QED) is 0.239. The summed E-state index contributed by atoms with van der Waals surface area (Å²) in [6.45, 7) is 7.37. The molecule has 29 heavy (non-hydrogen) atoms. The summed E-state index contributed by atoms with van der Waals surface area (Å²) in [6, 6.07) is 7.16. The Kier molecular flexibility index (Phi) is 10.00. The second-order valence-corrected chi connectivity index (χ2v) is 6.24. The van der Waals surface area contributed by atoms with Gasteiger partial charge in [0.15, 0.2) is 11.5 Å². The van der Waals surface area contributed by atoms with Crippen molar-refractivity contribution in [1.82, 2.24) is 4.90 Å². The number of morpholine rings is 1. The van der Waals surface area contributed by atoms with Crippen LogP contribution in [0.2, 0.25) is 0 Å². The Morgan fingerprint density at radius 1 is 1.21 bits per heavy atom. The highest BCUT2D eigenvalue weighted by atomic mass is 16.6. The van der Waals surface area contributed by atoms with E-state index in [0.29, 0.717) is 30.3 Å². The van der Waals surface area contributed by atoms with E-state index in [-0.39, 0.29) is 18.8 Å². The third kappa shape index (κ3) is 7.74. The Morgan fingerprint density at radius 2 is 2.00 bits per heavy atom. The van der Waals surface area contributed by atoms with Crippen LogP contribution in [0, 0.1) is 11.3 Å². The van der Waals surface area contributed by atoms with E-state index in [4.69, 9.17) is 23.7 Å². The first-order chi connectivity index (χ1) is 14.2. The van der Waals surface area contributed by atoms with Gasteiger partial charge in [-0.2, -0.15) is 5.26 Å². The lowest BCUT2D eigenvalue weighted by Crippen LogP contribution is -2.38. The lowest BCUT2D eigenvalue weighted by molar-refractivity contribution is -0.139. The average Bonchev–Trinajstić information content (AvgIpc) is 2.74. The van der Waals surface area contributed by atoms with Crippen molar-refractivity contribution in [3.8, 4) is 17.6 Å². The Bertz CT molecular complexity index is 722. The fourth-order valence-electron chi connectivity index (χ4n) is 2.71. The van der Waals surface area contributed by atoms with E-state index < -0.39 is 5.97 Å². The minimum absolute atomic E-state index is 0.0917. The predicted octanol–water partition coefficient (Wildman–Crippen LogP) is 1.89. The number of methoxy groups -OCH3 is 1. The molecule has 0 spiro atoms. The normalized spacial score (nSPS) is 14.9. The highest BCUT2D eigenvalue weighted by Crippen LogP contribution is 2.29. The molecule has 0 bridgehead atoms. The summed E-state index contributed by atoms with van der Waals surface area (Å²) in [7, 11) is 1.51. The predicted molar refractivity (Wildman–Crippen MR) is 107 cm³/mol. The van der Waals surface area contributed by atoms with E-state index in [1.807, 2.05) is 13.0 Å². The Labute approximate surface area is 171 Å². The molecule has 1 saturated heterocycles. The molecule has 0 atom stereocenters. The van der Waals surface area contributed by atoms with Crippen molar-refractivity contribution in [3.05, 3.63) is 29.3 Å². The molecule has 1 aromatic carbocycles. The largest absolute Gasteiger partial charge is 0.490 e. The molecule has 1 aliphatic heterocycles. The van der Waals surface area contributed by atoms with Gasteiger partial charge in [0.05, 0.1) is 26.4 Å². The summed E-state index contributed by atoms with van der Waals surface area (Å²) in [5.41, 5.74) is 0.554. The van der Waals surface area contributed by atoms with Gasteiger partial charge in [-0.3, -0.25) is 4.90 Å². The van der Waals surface area contributed by atoms with Crippen LogP contribution in [0.25, 0.3) is 6.08 Å². The third-order valence-corrected chi connectivity index (χ3v) is 4.21. The van der Waals surface area contributed by atoms with E-state index in [9.17, 15) is 10.1 Å². The number of carbonyl (C=O) groups excluding carboxylic acids is 1. The van der Waals surface area contributed by atoms with Gasteiger partial charge < -0.3 is 23.7 Å². The number of hydrogen-bond donors (Lipinski definition) is 0. The molecule has 158 valence electrons. The molecule has 8 nitrogen and oxygen atoms in total. The zero-order chi connectivity index (χ0) is 20.9. The van der Waals surface area contributed by atoms with Crippen LogP contribution in [-0.4, -0.2) is 77.3 Å². The number of rotatable bonds is 11. The lowest BCUT2D eigenvalue weighted by Gasteiger charge is -2.26. The average molecular weight is 404 g/mol. The van der Waals surface area contributed by atoms with E-state index in [2.05, 4.69) is 4.90 Å². The molecule has 2 rings (SSSR count). The third-order valence-electron chi connectivity index (χ3n) is 4.21. The molecular weight excluding hydrogens is 376 g/mol. The number of nitrogens with zero attached hydrogens (tertiary/aromatic N) is 2. The van der Waals surface area contributed by atoms with E-state index >= 15 is 0 Å². The van der Waals surface area contributed by atoms with Crippen LogP contribution in [0.1, 0.15) is 12.5 Å². The first-order valence-corrected chi connectivity index (χ1v) is 9.65. The van der Waals surface area contributed by atoms with E-state index in [0.717, 1.165) is 32.8 Å². The molecule has 0 amide bonds. The van der Waals surface area contributed by atoms with Gasteiger partial charge >= 0.3 is 5.97 Å². The van der Waals surface area contributed by atoms with Crippen LogP contribution in [0.5, 0.6) is 11.5 Å². The summed E-state index contributed by atoms with van der Waals surface area (Å²) >= 11 is 0. The summed E-state index contributed by atoms with van der Waals surface area (Å²) in [5, 5.41) is 9.26. The number of nitriles is 1. The van der Waals surface area contributed by atoms with Crippen molar-refractivity contribution in [2.45, 2.75) is 6.92 Å². The van der Waals surface area contributed by atoms with E-state index in [1.54, 1.807) is 18.2 Å². The van der Waals surface area contributed by atoms with Crippen molar-refractivity contribution in [2.24, 2.45) is 0 Å². The molecule has 1 aliphatic rings. The first kappa shape index (κ1) is 22.7. The zero-order valence-electron chi connectivity index (χ0n) is 17.0. The van der Waals surface area contributed by atoms with Gasteiger partial charge in [0.2, 0.25) is 0 Å². The van der Waals surface area contributed by atoms with Crippen LogP contribution in [0.15, 0.2) is 23.8 Å². The van der Waals surface area contributed by atoms with Crippen molar-refractivity contribution in [2.75, 3.05) is 66.4 Å². The minimum atomic E-state index is -0.687. The van der Waals surface area contributed by atoms with Crippen molar-refractivity contribution < 1.29 is 28.5 Å². The number of esters is 1. The Hall–Kier alpha value is -2.60. The lowest BCUT2D eigenvalue weighted by atomic mass is 10.1. The first-order valence-electron chi connectivity index (χ1n) is 9.65. The van der Waals surface area contributed by atoms with Crippen molar-refractivity contribution >= 4 is 12.0 Å². The van der Waals surface area contributed by atoms with E-state index in [1.165, 1.54) is 13.2 Å². The van der Waals surface area contributed by atoms with Crippen molar-refractivity contribution in [3.63, 3.8) is 0 Å². The fraction of sp³-hybridized carbons (Fsp3) is 0.524. The van der Waals surface area contributed by atoms with Crippen LogP contribution in [0.4, 0.5) is 0 Å². The second kappa shape index (κ2) is 12.8. The molecule has 1 aromatic rings. The molecule has 0 unspecified atom stereocenters. The van der Waals surface area contributed by atoms with Crippen LogP contribution < -0.4 is 9.47 Å². The molecule has 1 fully saturated rings. The Balaban J connectivity index is 2.02. The summed E-state index contributed by atoms with van der Waals surface area (Å²) < 4.78 is 26.7. The topological polar surface area (TPSA) is 90.2 Å². The standard InChI is InChI=1S/C21H28N2O6/c1-3-27-20-15-17(14-18(16-22)21(24)29-13-12-25-2)4-5-19(20)28-11-8-23-6-9-26-10-7-23/h4-5,14-15H,3,6-13H2,1-2H3/b18-14+. The summed E-state index contributed by atoms with van der Waals surface area (Å²) in [5.74, 6) is 0.500. The Morgan fingerprint density at radius 3 is 2.69 bits per heavy atom. The summed E-state index contributed by atoms with van der Waals surface area (Å²) in [6.07, 6.45) is 1.47. The molecule has 0 saturated carbocycles. The van der Waals surface area contributed by atoms with Gasteiger partial charge in [0.25, 0.3) is 0 Å². The van der Waals surface area contributed by atoms with Gasteiger partial charge in [-0.1, -0.05) is 6.07 Å². The van der Waals surface area contributed by atoms with Crippen LogP contribution in [0.3, 0.4) is 0 Å². The second-order valence-electron chi connectivity index (χ2n) is 6.24. The highest BCUT2D eigenvalue weighted by Gasteiger charge is 2.13. The number of benzene rings is 1. The monoisotopic (exact) mass is 404 g/mol. The summed E-state index contributed by atoms with van der Waals surface area (Å²) in [4.78, 5) is 14.3. The maximum absolute atomic E-state index is 12.0. The smallest absolute Gasteiger partial charge is 0.348 e. The molecule has 0 aromatic heterocycles. The van der Waals surface area contributed by atoms with Crippen LogP contribution >= 0.6 is 0 Å². The maximum Gasteiger partial charge on any atom is 0.348 e. The van der Waals surface area contributed by atoms with Gasteiger partial charge in [0.1, 0.15) is 24.9 Å².